The number of non-ortho nitro benzene ring substituents is 1. The van der Waals surface area contributed by atoms with Crippen molar-refractivity contribution in [2.45, 2.75) is 6.25 Å². The largest absolute Gasteiger partial charge is 0.272 e. The van der Waals surface area contributed by atoms with Crippen molar-refractivity contribution in [2.24, 2.45) is 0 Å². The summed E-state index contributed by atoms with van der Waals surface area (Å²) in [6.45, 7) is 0. The molecule has 0 spiro atoms. The lowest BCUT2D eigenvalue weighted by atomic mass is 10.2. The van der Waals surface area contributed by atoms with Crippen molar-refractivity contribution >= 4 is 122 Å². The van der Waals surface area contributed by atoms with Gasteiger partial charge in [-0.1, -0.05) is 69.6 Å². The summed E-state index contributed by atoms with van der Waals surface area (Å²) in [5.41, 5.74) is -0.808. The molecule has 2 rings (SSSR count). The number of nitrogens with zero attached hydrogens (tertiary/aromatic N) is 3. The van der Waals surface area contributed by atoms with Crippen LogP contribution in [0.15, 0.2) is 23.0 Å². The van der Waals surface area contributed by atoms with E-state index >= 15 is 0 Å². The molecular weight excluding hydrogens is 519 g/mol. The van der Waals surface area contributed by atoms with Gasteiger partial charge in [-0.25, -0.2) is 3.97 Å². The third-order valence-electron chi connectivity index (χ3n) is 2.56. The van der Waals surface area contributed by atoms with E-state index in [-0.39, 0.29) is 21.4 Å². The van der Waals surface area contributed by atoms with Gasteiger partial charge in [0.25, 0.3) is 17.5 Å². The predicted octanol–water partition coefficient (Wildman–Crippen LogP) is 6.09. The molecule has 0 saturated heterocycles. The Balaban J connectivity index is 2.91. The van der Waals surface area contributed by atoms with Gasteiger partial charge in [-0.2, -0.15) is 0 Å². The Morgan fingerprint density at radius 3 is 2.04 bits per heavy atom. The van der Waals surface area contributed by atoms with E-state index in [2.05, 4.69) is 0 Å². The summed E-state index contributed by atoms with van der Waals surface area (Å²) in [5.74, 6) is 0. The van der Waals surface area contributed by atoms with E-state index in [1.807, 2.05) is 0 Å². The fourth-order valence-corrected chi connectivity index (χ4v) is 4.61. The highest BCUT2D eigenvalue weighted by Gasteiger charge is 2.28. The van der Waals surface area contributed by atoms with Gasteiger partial charge >= 0.3 is 0 Å². The molecule has 1 aromatic heterocycles. The predicted molar refractivity (Wildman–Crippen MR) is 110 cm³/mol. The van der Waals surface area contributed by atoms with E-state index in [1.54, 1.807) is 0 Å². The minimum Gasteiger partial charge on any atom is -0.268 e. The van der Waals surface area contributed by atoms with Crippen LogP contribution in [0.2, 0.25) is 0 Å². The number of rotatable bonds is 3. The molecule has 0 saturated carbocycles. The average Bonchev–Trinajstić information content (AvgIpc) is 2.45. The van der Waals surface area contributed by atoms with Crippen molar-refractivity contribution in [3.05, 3.63) is 43.4 Å². The van der Waals surface area contributed by atoms with Crippen LogP contribution in [0.5, 0.6) is 0 Å². The first kappa shape index (κ1) is 21.7. The molecule has 0 aliphatic rings. The number of alkyl halides is 6. The smallest absolute Gasteiger partial charge is 0.268 e. The van der Waals surface area contributed by atoms with Crippen LogP contribution in [0.25, 0.3) is 10.9 Å². The number of halogens is 6. The maximum atomic E-state index is 12.7. The standard InChI is InChI=1S/C10H3Cl6N3O3S3/c11-9(12,13)24-17-6-2-1-4(19(21)22)3-5(6)7(20)18(8(17)23)25-10(14,15)16/h1-3H. The van der Waals surface area contributed by atoms with Crippen LogP contribution in [-0.2, 0) is 0 Å². The SMILES string of the molecule is O=c1c2cc([N+](=O)[O-])ccc2n(SC(Cl)(Cl)Cl)c(=S)n1SC(Cl)(Cl)Cl. The van der Waals surface area contributed by atoms with Gasteiger partial charge in [-0.15, -0.1) is 0 Å². The van der Waals surface area contributed by atoms with Gasteiger partial charge in [-0.05, 0) is 18.3 Å². The number of aromatic nitrogens is 2. The molecule has 0 unspecified atom stereocenters. The number of hydrogen-bond acceptors (Lipinski definition) is 6. The molecule has 136 valence electrons. The minimum atomic E-state index is -1.92. The topological polar surface area (TPSA) is 70.1 Å². The highest BCUT2D eigenvalue weighted by atomic mass is 35.6. The van der Waals surface area contributed by atoms with Gasteiger partial charge in [0.15, 0.2) is 0 Å². The second-order valence-corrected chi connectivity index (χ2v) is 12.8. The van der Waals surface area contributed by atoms with E-state index in [0.717, 1.165) is 10.0 Å². The van der Waals surface area contributed by atoms with E-state index in [0.29, 0.717) is 23.9 Å². The van der Waals surface area contributed by atoms with E-state index < -0.39 is 16.7 Å². The van der Waals surface area contributed by atoms with Gasteiger partial charge < -0.3 is 0 Å². The summed E-state index contributed by atoms with van der Waals surface area (Å²) < 4.78 is -1.75. The van der Waals surface area contributed by atoms with Crippen LogP contribution in [0.4, 0.5) is 5.69 Å². The molecule has 0 aliphatic carbocycles. The van der Waals surface area contributed by atoms with Gasteiger partial charge in [0.1, 0.15) is 0 Å². The Hall–Kier alpha value is 0.420. The molecule has 0 fully saturated rings. The molecule has 0 bridgehead atoms. The molecule has 6 nitrogen and oxygen atoms in total. The summed E-state index contributed by atoms with van der Waals surface area (Å²) in [6.07, 6.45) is 0. The number of nitro benzene ring substituents is 1. The van der Waals surface area contributed by atoms with E-state index in [1.165, 1.54) is 16.1 Å². The van der Waals surface area contributed by atoms with Crippen LogP contribution in [0.3, 0.4) is 0 Å². The Kier molecular flexibility index (Phi) is 6.78. The Morgan fingerprint density at radius 1 is 1.04 bits per heavy atom. The molecule has 0 N–H and O–H groups in total. The van der Waals surface area contributed by atoms with Gasteiger partial charge in [0, 0.05) is 36.0 Å². The summed E-state index contributed by atoms with van der Waals surface area (Å²) in [6, 6.07) is 3.58. The number of benzene rings is 1. The third kappa shape index (κ3) is 5.46. The van der Waals surface area contributed by atoms with Crippen LogP contribution < -0.4 is 5.56 Å². The zero-order valence-electron chi connectivity index (χ0n) is 11.3. The first-order valence-electron chi connectivity index (χ1n) is 5.79. The number of hydrogen-bond donors (Lipinski definition) is 0. The van der Waals surface area contributed by atoms with Crippen molar-refractivity contribution in [1.82, 2.24) is 7.94 Å². The molecule has 25 heavy (non-hydrogen) atoms. The van der Waals surface area contributed by atoms with Gasteiger partial charge in [0.2, 0.25) is 4.77 Å². The van der Waals surface area contributed by atoms with Crippen molar-refractivity contribution < 1.29 is 4.92 Å². The first-order chi connectivity index (χ1) is 11.3. The second-order valence-electron chi connectivity index (χ2n) is 4.21. The maximum Gasteiger partial charge on any atom is 0.272 e. The highest BCUT2D eigenvalue weighted by Crippen LogP contribution is 2.43. The molecule has 0 atom stereocenters. The lowest BCUT2D eigenvalue weighted by molar-refractivity contribution is -0.384. The van der Waals surface area contributed by atoms with Gasteiger partial charge in [-0.3, -0.25) is 18.9 Å². The zero-order chi connectivity index (χ0) is 19.2. The minimum absolute atomic E-state index is 0.0636. The normalized spacial score (nSPS) is 12.6. The zero-order valence-corrected chi connectivity index (χ0v) is 18.3. The van der Waals surface area contributed by atoms with Crippen LogP contribution >= 0.6 is 106 Å². The lowest BCUT2D eigenvalue weighted by Crippen LogP contribution is -2.23. The van der Waals surface area contributed by atoms with Crippen LogP contribution in [0.1, 0.15) is 0 Å². The molecule has 0 aliphatic heterocycles. The van der Waals surface area contributed by atoms with Crippen molar-refractivity contribution in [1.29, 1.82) is 0 Å². The Labute approximate surface area is 183 Å². The summed E-state index contributed by atoms with van der Waals surface area (Å²) in [4.78, 5) is 23.0. The van der Waals surface area contributed by atoms with Gasteiger partial charge in [0.05, 0.1) is 15.8 Å². The maximum absolute atomic E-state index is 12.7. The molecule has 1 heterocycles. The van der Waals surface area contributed by atoms with E-state index in [4.69, 9.17) is 81.8 Å². The average molecular weight is 522 g/mol. The highest BCUT2D eigenvalue weighted by molar-refractivity contribution is 8.04. The van der Waals surface area contributed by atoms with Crippen molar-refractivity contribution in [3.63, 3.8) is 0 Å². The summed E-state index contributed by atoms with van der Waals surface area (Å²) in [5, 5.41) is 10.9. The van der Waals surface area contributed by atoms with E-state index in [9.17, 15) is 14.9 Å². The lowest BCUT2D eigenvalue weighted by Gasteiger charge is -2.19. The monoisotopic (exact) mass is 519 g/mol. The first-order valence-corrected chi connectivity index (χ1v) is 10.0. The summed E-state index contributed by atoms with van der Waals surface area (Å²) in [7, 11) is 0. The number of nitro groups is 1. The Bertz CT molecular complexity index is 965. The molecule has 0 radical (unpaired) electrons. The fraction of sp³-hybridized carbons (Fsp3) is 0.200. The Morgan fingerprint density at radius 2 is 1.56 bits per heavy atom. The quantitative estimate of drug-likeness (QED) is 0.211. The number of fused-ring (bicyclic) bond motifs is 1. The fourth-order valence-electron chi connectivity index (χ4n) is 1.74. The third-order valence-corrected chi connectivity index (χ3v) is 5.89. The molecule has 2 aromatic rings. The van der Waals surface area contributed by atoms with Crippen molar-refractivity contribution in [2.75, 3.05) is 0 Å². The molecule has 0 amide bonds. The van der Waals surface area contributed by atoms with Crippen LogP contribution in [-0.4, -0.2) is 19.1 Å². The second kappa shape index (κ2) is 7.81. The molecule has 15 heteroatoms. The summed E-state index contributed by atoms with van der Waals surface area (Å²) >= 11 is 40.9. The van der Waals surface area contributed by atoms with Crippen molar-refractivity contribution in [3.8, 4) is 0 Å². The molecule has 1 aromatic carbocycles. The molecular formula is C10H3Cl6N3O3S3. The van der Waals surface area contributed by atoms with Crippen LogP contribution in [0, 0.1) is 14.9 Å².